The highest BCUT2D eigenvalue weighted by Crippen LogP contribution is 2.09. The number of likely N-dealkylation sites (N-methyl/N-ethyl adjacent to an activating group) is 1. The molecule has 0 heterocycles. The SMILES string of the molecule is CCCCCCCCC/C=C/C(=O)OC(CC(=O)[O-])C[N+](C)(C)C. The summed E-state index contributed by atoms with van der Waals surface area (Å²) in [5.74, 6) is -1.68. The van der Waals surface area contributed by atoms with Crippen LogP contribution < -0.4 is 5.11 Å². The summed E-state index contributed by atoms with van der Waals surface area (Å²) in [5, 5.41) is 10.8. The van der Waals surface area contributed by atoms with Gasteiger partial charge < -0.3 is 19.1 Å². The fourth-order valence-electron chi connectivity index (χ4n) is 2.54. The van der Waals surface area contributed by atoms with Crippen LogP contribution in [0.15, 0.2) is 12.2 Å². The van der Waals surface area contributed by atoms with E-state index in [0.717, 1.165) is 12.8 Å². The molecule has 0 radical (unpaired) electrons. The summed E-state index contributed by atoms with van der Waals surface area (Å²) in [6, 6.07) is 0. The van der Waals surface area contributed by atoms with Gasteiger partial charge in [0, 0.05) is 18.5 Å². The Kier molecular flexibility index (Phi) is 12.3. The number of aliphatic carboxylic acids is 1. The number of rotatable bonds is 14. The van der Waals surface area contributed by atoms with Crippen molar-refractivity contribution in [3.05, 3.63) is 12.2 Å². The van der Waals surface area contributed by atoms with E-state index >= 15 is 0 Å². The average molecular weight is 341 g/mol. The van der Waals surface area contributed by atoms with Gasteiger partial charge in [-0.3, -0.25) is 0 Å². The monoisotopic (exact) mass is 341 g/mol. The normalized spacial score (nSPS) is 13.2. The zero-order valence-electron chi connectivity index (χ0n) is 15.9. The first-order valence-electron chi connectivity index (χ1n) is 9.12. The lowest BCUT2D eigenvalue weighted by Gasteiger charge is -2.29. The van der Waals surface area contributed by atoms with Crippen molar-refractivity contribution >= 4 is 11.9 Å². The summed E-state index contributed by atoms with van der Waals surface area (Å²) in [6.07, 6.45) is 11.8. The minimum atomic E-state index is -1.20. The molecule has 0 bridgehead atoms. The molecule has 0 aromatic carbocycles. The highest BCUT2D eigenvalue weighted by atomic mass is 16.5. The topological polar surface area (TPSA) is 66.4 Å². The van der Waals surface area contributed by atoms with E-state index in [1.165, 1.54) is 44.6 Å². The molecule has 140 valence electrons. The molecule has 24 heavy (non-hydrogen) atoms. The number of carbonyl (C=O) groups is 2. The molecule has 5 nitrogen and oxygen atoms in total. The Balaban J connectivity index is 3.99. The predicted molar refractivity (Wildman–Crippen MR) is 94.2 cm³/mol. The molecule has 1 unspecified atom stereocenters. The first kappa shape index (κ1) is 22.6. The Morgan fingerprint density at radius 1 is 1.04 bits per heavy atom. The van der Waals surface area contributed by atoms with Crippen molar-refractivity contribution in [2.24, 2.45) is 0 Å². The van der Waals surface area contributed by atoms with Gasteiger partial charge in [0.05, 0.1) is 21.1 Å². The molecule has 0 saturated heterocycles. The van der Waals surface area contributed by atoms with Crippen molar-refractivity contribution in [1.29, 1.82) is 0 Å². The molecule has 5 heteroatoms. The maximum Gasteiger partial charge on any atom is 0.330 e. The second-order valence-electron chi connectivity index (χ2n) is 7.42. The summed E-state index contributed by atoms with van der Waals surface area (Å²) in [4.78, 5) is 22.6. The molecule has 0 aliphatic carbocycles. The van der Waals surface area contributed by atoms with Crippen LogP contribution in [0.1, 0.15) is 64.7 Å². The van der Waals surface area contributed by atoms with Crippen LogP contribution in [-0.2, 0) is 14.3 Å². The molecule has 0 saturated carbocycles. The molecule has 0 aromatic rings. The number of nitrogens with zero attached hydrogens (tertiary/aromatic N) is 1. The van der Waals surface area contributed by atoms with Crippen LogP contribution in [-0.4, -0.2) is 50.2 Å². The Morgan fingerprint density at radius 2 is 1.62 bits per heavy atom. The minimum absolute atomic E-state index is 0.271. The first-order chi connectivity index (χ1) is 11.2. The summed E-state index contributed by atoms with van der Waals surface area (Å²) < 4.78 is 5.77. The number of quaternary nitrogens is 1. The van der Waals surface area contributed by atoms with E-state index in [1.807, 2.05) is 27.2 Å². The maximum atomic E-state index is 11.8. The molecule has 0 amide bonds. The molecule has 0 aromatic heterocycles. The van der Waals surface area contributed by atoms with Gasteiger partial charge in [0.2, 0.25) is 0 Å². The number of hydrogen-bond acceptors (Lipinski definition) is 4. The van der Waals surface area contributed by atoms with Crippen molar-refractivity contribution in [2.45, 2.75) is 70.8 Å². The van der Waals surface area contributed by atoms with E-state index in [0.29, 0.717) is 11.0 Å². The number of ether oxygens (including phenoxy) is 1. The maximum absolute atomic E-state index is 11.8. The third kappa shape index (κ3) is 15.5. The number of allylic oxidation sites excluding steroid dienone is 1. The van der Waals surface area contributed by atoms with Gasteiger partial charge in [-0.25, -0.2) is 4.79 Å². The van der Waals surface area contributed by atoms with Gasteiger partial charge in [-0.2, -0.15) is 0 Å². The first-order valence-corrected chi connectivity index (χ1v) is 9.12. The van der Waals surface area contributed by atoms with Crippen LogP contribution in [0.3, 0.4) is 0 Å². The molecule has 0 fully saturated rings. The molecule has 0 aliphatic heterocycles. The van der Waals surface area contributed by atoms with Crippen LogP contribution >= 0.6 is 0 Å². The highest BCUT2D eigenvalue weighted by Gasteiger charge is 2.21. The molecule has 0 spiro atoms. The minimum Gasteiger partial charge on any atom is -0.550 e. The largest absolute Gasteiger partial charge is 0.550 e. The fourth-order valence-corrected chi connectivity index (χ4v) is 2.54. The number of unbranched alkanes of at least 4 members (excludes halogenated alkanes) is 7. The highest BCUT2D eigenvalue weighted by molar-refractivity contribution is 5.82. The Bertz CT molecular complexity index is 385. The second-order valence-corrected chi connectivity index (χ2v) is 7.42. The van der Waals surface area contributed by atoms with Gasteiger partial charge in [0.25, 0.3) is 0 Å². The Morgan fingerprint density at radius 3 is 2.17 bits per heavy atom. The van der Waals surface area contributed by atoms with Gasteiger partial charge in [-0.1, -0.05) is 51.5 Å². The van der Waals surface area contributed by atoms with E-state index in [9.17, 15) is 14.7 Å². The third-order valence-electron chi connectivity index (χ3n) is 3.66. The lowest BCUT2D eigenvalue weighted by Crippen LogP contribution is -2.45. The number of esters is 1. The smallest absolute Gasteiger partial charge is 0.330 e. The molecular formula is C19H35NO4. The summed E-state index contributed by atoms with van der Waals surface area (Å²) in [7, 11) is 5.77. The lowest BCUT2D eigenvalue weighted by atomic mass is 10.1. The summed E-state index contributed by atoms with van der Waals surface area (Å²) >= 11 is 0. The zero-order chi connectivity index (χ0) is 18.4. The van der Waals surface area contributed by atoms with Crippen LogP contribution in [0.2, 0.25) is 0 Å². The number of carbonyl (C=O) groups excluding carboxylic acids is 2. The van der Waals surface area contributed by atoms with Gasteiger partial charge in [0.15, 0.2) is 6.10 Å². The van der Waals surface area contributed by atoms with Crippen LogP contribution in [0.5, 0.6) is 0 Å². The molecule has 0 aliphatic rings. The van der Waals surface area contributed by atoms with Crippen molar-refractivity contribution in [1.82, 2.24) is 0 Å². The van der Waals surface area contributed by atoms with E-state index in [1.54, 1.807) is 0 Å². The van der Waals surface area contributed by atoms with Gasteiger partial charge in [-0.05, 0) is 12.8 Å². The van der Waals surface area contributed by atoms with Gasteiger partial charge in [0.1, 0.15) is 6.54 Å². The van der Waals surface area contributed by atoms with Crippen LogP contribution in [0, 0.1) is 0 Å². The van der Waals surface area contributed by atoms with Crippen molar-refractivity contribution < 1.29 is 23.9 Å². The van der Waals surface area contributed by atoms with Crippen molar-refractivity contribution in [2.75, 3.05) is 27.7 Å². The fraction of sp³-hybridized carbons (Fsp3) is 0.789. The Hall–Kier alpha value is -1.36. The predicted octanol–water partition coefficient (Wildman–Crippen LogP) is 2.44. The van der Waals surface area contributed by atoms with Crippen LogP contribution in [0.4, 0.5) is 0 Å². The van der Waals surface area contributed by atoms with Gasteiger partial charge in [-0.15, -0.1) is 0 Å². The summed E-state index contributed by atoms with van der Waals surface area (Å²) in [5.41, 5.74) is 0. The van der Waals surface area contributed by atoms with E-state index < -0.39 is 18.0 Å². The molecular weight excluding hydrogens is 306 g/mol. The average Bonchev–Trinajstić information content (AvgIpc) is 2.42. The third-order valence-corrected chi connectivity index (χ3v) is 3.66. The van der Waals surface area contributed by atoms with E-state index in [4.69, 9.17) is 4.74 Å². The lowest BCUT2D eigenvalue weighted by molar-refractivity contribution is -0.873. The van der Waals surface area contributed by atoms with Gasteiger partial charge >= 0.3 is 5.97 Å². The quantitative estimate of drug-likeness (QED) is 0.211. The van der Waals surface area contributed by atoms with Crippen LogP contribution in [0.25, 0.3) is 0 Å². The van der Waals surface area contributed by atoms with Crippen molar-refractivity contribution in [3.63, 3.8) is 0 Å². The number of hydrogen-bond donors (Lipinski definition) is 0. The second kappa shape index (κ2) is 13.0. The number of carboxylic acid groups (broad SMARTS) is 1. The molecule has 0 rings (SSSR count). The van der Waals surface area contributed by atoms with Crippen molar-refractivity contribution in [3.8, 4) is 0 Å². The standard InChI is InChI=1S/C19H35NO4/c1-5-6-7-8-9-10-11-12-13-14-19(23)24-17(15-18(21)22)16-20(2,3)4/h13-14,17H,5-12,15-16H2,1-4H3/b14-13+. The van der Waals surface area contributed by atoms with E-state index in [-0.39, 0.29) is 6.42 Å². The zero-order valence-corrected chi connectivity index (χ0v) is 15.9. The molecule has 0 N–H and O–H groups in total. The molecule has 1 atom stereocenters. The van der Waals surface area contributed by atoms with E-state index in [2.05, 4.69) is 6.92 Å². The summed E-state index contributed by atoms with van der Waals surface area (Å²) in [6.45, 7) is 2.65. The number of carboxylic acids is 1. The Labute approximate surface area is 147 Å².